The largest absolute Gasteiger partial charge is 0.491 e. The molecule has 1 saturated carbocycles. The van der Waals surface area contributed by atoms with Gasteiger partial charge < -0.3 is 15.2 Å². The van der Waals surface area contributed by atoms with E-state index >= 15 is 0 Å². The number of hydrogen-bond acceptors (Lipinski definition) is 4. The first-order valence-electron chi connectivity index (χ1n) is 7.86. The summed E-state index contributed by atoms with van der Waals surface area (Å²) < 4.78 is 5.55. The predicted molar refractivity (Wildman–Crippen MR) is 82.8 cm³/mol. The molecule has 2 rings (SSSR count). The van der Waals surface area contributed by atoms with E-state index in [4.69, 9.17) is 4.74 Å². The maximum absolute atomic E-state index is 11.5. The quantitative estimate of drug-likeness (QED) is 0.723. The Hall–Kier alpha value is -1.39. The zero-order chi connectivity index (χ0) is 15.1. The Morgan fingerprint density at radius 3 is 2.62 bits per heavy atom. The number of carbonyl (C=O) groups is 1. The number of nitrogens with one attached hydrogen (secondary N) is 1. The van der Waals surface area contributed by atoms with Crippen LogP contribution in [0, 0.1) is 0 Å². The molecule has 0 saturated heterocycles. The van der Waals surface area contributed by atoms with E-state index in [0.717, 1.165) is 0 Å². The Morgan fingerprint density at radius 2 is 2.00 bits per heavy atom. The Kier molecular flexibility index (Phi) is 6.21. The number of aliphatic hydroxyl groups is 1. The van der Waals surface area contributed by atoms with Gasteiger partial charge in [0.1, 0.15) is 18.5 Å². The molecule has 0 radical (unpaired) electrons. The van der Waals surface area contributed by atoms with Gasteiger partial charge in [-0.3, -0.25) is 4.79 Å². The third-order valence-electron chi connectivity index (χ3n) is 3.94. The summed E-state index contributed by atoms with van der Waals surface area (Å²) >= 11 is 0. The number of carbonyl (C=O) groups excluding carboxylic acids is 1. The average molecular weight is 291 g/mol. The molecule has 0 spiro atoms. The number of hydrogen-bond donors (Lipinski definition) is 2. The minimum Gasteiger partial charge on any atom is -0.491 e. The normalized spacial score (nSPS) is 16.9. The third kappa shape index (κ3) is 5.14. The fourth-order valence-electron chi connectivity index (χ4n) is 2.63. The lowest BCUT2D eigenvalue weighted by Gasteiger charge is -2.16. The summed E-state index contributed by atoms with van der Waals surface area (Å²) in [5.41, 5.74) is 0.702. The number of rotatable bonds is 8. The number of benzene rings is 1. The maximum atomic E-state index is 11.5. The van der Waals surface area contributed by atoms with E-state index in [-0.39, 0.29) is 12.4 Å². The van der Waals surface area contributed by atoms with Crippen LogP contribution in [0.4, 0.5) is 0 Å². The lowest BCUT2D eigenvalue weighted by Crippen LogP contribution is -2.36. The van der Waals surface area contributed by atoms with Gasteiger partial charge in [-0.05, 0) is 37.1 Å². The van der Waals surface area contributed by atoms with Crippen LogP contribution in [-0.2, 0) is 0 Å². The van der Waals surface area contributed by atoms with E-state index in [1.807, 2.05) is 6.92 Å². The summed E-state index contributed by atoms with van der Waals surface area (Å²) in [6.45, 7) is 2.68. The summed E-state index contributed by atoms with van der Waals surface area (Å²) in [5, 5.41) is 13.3. The molecule has 0 amide bonds. The lowest BCUT2D eigenvalue weighted by atomic mass is 10.1. The SMILES string of the molecule is CCC(=O)c1ccc(OC[C@@H](O)CNC2CCCC2)cc1. The Balaban J connectivity index is 1.70. The van der Waals surface area contributed by atoms with Gasteiger partial charge >= 0.3 is 0 Å². The molecule has 1 aromatic carbocycles. The second kappa shape index (κ2) is 8.15. The molecule has 2 N–H and O–H groups in total. The van der Waals surface area contributed by atoms with Crippen LogP contribution in [0.2, 0.25) is 0 Å². The fraction of sp³-hybridized carbons (Fsp3) is 0.588. The number of Topliss-reactive ketones (excluding diaryl/α,β-unsaturated/α-hetero) is 1. The van der Waals surface area contributed by atoms with Gasteiger partial charge in [-0.15, -0.1) is 0 Å². The Bertz CT molecular complexity index is 438. The molecular formula is C17H25NO3. The van der Waals surface area contributed by atoms with Gasteiger partial charge in [-0.2, -0.15) is 0 Å². The van der Waals surface area contributed by atoms with E-state index in [1.165, 1.54) is 25.7 Å². The second-order valence-corrected chi connectivity index (χ2v) is 5.66. The number of ether oxygens (including phenoxy) is 1. The number of ketones is 1. The summed E-state index contributed by atoms with van der Waals surface area (Å²) in [7, 11) is 0. The molecule has 1 aliphatic rings. The zero-order valence-electron chi connectivity index (χ0n) is 12.7. The molecule has 0 aromatic heterocycles. The highest BCUT2D eigenvalue weighted by atomic mass is 16.5. The van der Waals surface area contributed by atoms with E-state index in [2.05, 4.69) is 5.32 Å². The highest BCUT2D eigenvalue weighted by Crippen LogP contribution is 2.17. The monoisotopic (exact) mass is 291 g/mol. The van der Waals surface area contributed by atoms with Crippen molar-refractivity contribution in [3.8, 4) is 5.75 Å². The minimum atomic E-state index is -0.512. The molecule has 0 bridgehead atoms. The van der Waals surface area contributed by atoms with Gasteiger partial charge in [0, 0.05) is 24.6 Å². The van der Waals surface area contributed by atoms with E-state index in [9.17, 15) is 9.90 Å². The van der Waals surface area contributed by atoms with Crippen LogP contribution < -0.4 is 10.1 Å². The molecule has 4 nitrogen and oxygen atoms in total. The number of aliphatic hydroxyl groups excluding tert-OH is 1. The van der Waals surface area contributed by atoms with E-state index in [1.54, 1.807) is 24.3 Å². The first-order chi connectivity index (χ1) is 10.2. The van der Waals surface area contributed by atoms with E-state index < -0.39 is 6.10 Å². The predicted octanol–water partition coefficient (Wildman–Crippen LogP) is 2.55. The van der Waals surface area contributed by atoms with E-state index in [0.29, 0.717) is 30.3 Å². The summed E-state index contributed by atoms with van der Waals surface area (Å²) in [4.78, 5) is 11.5. The van der Waals surface area contributed by atoms with Gasteiger partial charge in [-0.25, -0.2) is 0 Å². The standard InChI is InChI=1S/C17H25NO3/c1-2-17(20)13-7-9-16(10-8-13)21-12-15(19)11-18-14-5-3-4-6-14/h7-10,14-15,18-19H,2-6,11-12H2,1H3/t15-/m0/s1. The molecule has 21 heavy (non-hydrogen) atoms. The minimum absolute atomic E-state index is 0.127. The van der Waals surface area contributed by atoms with Crippen molar-refractivity contribution in [3.05, 3.63) is 29.8 Å². The van der Waals surface area contributed by atoms with Crippen molar-refractivity contribution in [1.82, 2.24) is 5.32 Å². The molecule has 0 unspecified atom stereocenters. The molecular weight excluding hydrogens is 266 g/mol. The van der Waals surface area contributed by atoms with Crippen LogP contribution in [0.15, 0.2) is 24.3 Å². The topological polar surface area (TPSA) is 58.6 Å². The molecule has 0 aliphatic heterocycles. The van der Waals surface area contributed by atoms with Crippen LogP contribution >= 0.6 is 0 Å². The molecule has 1 aliphatic carbocycles. The smallest absolute Gasteiger partial charge is 0.162 e. The highest BCUT2D eigenvalue weighted by Gasteiger charge is 2.15. The maximum Gasteiger partial charge on any atom is 0.162 e. The average Bonchev–Trinajstić information content (AvgIpc) is 3.04. The summed E-state index contributed by atoms with van der Waals surface area (Å²) in [6, 6.07) is 7.65. The van der Waals surface area contributed by atoms with Gasteiger partial charge in [0.2, 0.25) is 0 Å². The highest BCUT2D eigenvalue weighted by molar-refractivity contribution is 5.95. The molecule has 1 fully saturated rings. The van der Waals surface area contributed by atoms with Crippen molar-refractivity contribution in [1.29, 1.82) is 0 Å². The van der Waals surface area contributed by atoms with Crippen molar-refractivity contribution >= 4 is 5.78 Å². The van der Waals surface area contributed by atoms with Crippen molar-refractivity contribution in [2.24, 2.45) is 0 Å². The van der Waals surface area contributed by atoms with Crippen LogP contribution in [0.5, 0.6) is 5.75 Å². The first kappa shape index (κ1) is 16.0. The van der Waals surface area contributed by atoms with Crippen LogP contribution in [-0.4, -0.2) is 36.2 Å². The lowest BCUT2D eigenvalue weighted by molar-refractivity contribution is 0.0986. The van der Waals surface area contributed by atoms with Crippen LogP contribution in [0.25, 0.3) is 0 Å². The van der Waals surface area contributed by atoms with Gasteiger partial charge in [0.25, 0.3) is 0 Å². The first-order valence-corrected chi connectivity index (χ1v) is 7.86. The Labute approximate surface area is 126 Å². The Morgan fingerprint density at radius 1 is 1.33 bits per heavy atom. The summed E-state index contributed by atoms with van der Waals surface area (Å²) in [6.07, 6.45) is 4.98. The van der Waals surface area contributed by atoms with Crippen LogP contribution in [0.1, 0.15) is 49.4 Å². The molecule has 4 heteroatoms. The van der Waals surface area contributed by atoms with Gasteiger partial charge in [0.05, 0.1) is 0 Å². The molecule has 1 atom stereocenters. The van der Waals surface area contributed by atoms with Crippen LogP contribution in [0.3, 0.4) is 0 Å². The molecule has 116 valence electrons. The summed E-state index contributed by atoms with van der Waals surface area (Å²) in [5.74, 6) is 0.810. The molecule has 0 heterocycles. The van der Waals surface area contributed by atoms with Gasteiger partial charge in [-0.1, -0.05) is 19.8 Å². The fourth-order valence-corrected chi connectivity index (χ4v) is 2.63. The zero-order valence-corrected chi connectivity index (χ0v) is 12.7. The van der Waals surface area contributed by atoms with Crippen molar-refractivity contribution < 1.29 is 14.6 Å². The van der Waals surface area contributed by atoms with Crippen molar-refractivity contribution in [3.63, 3.8) is 0 Å². The molecule has 1 aromatic rings. The second-order valence-electron chi connectivity index (χ2n) is 5.66. The van der Waals surface area contributed by atoms with Gasteiger partial charge in [0.15, 0.2) is 5.78 Å². The third-order valence-corrected chi connectivity index (χ3v) is 3.94. The van der Waals surface area contributed by atoms with Crippen molar-refractivity contribution in [2.45, 2.75) is 51.2 Å². The van der Waals surface area contributed by atoms with Crippen molar-refractivity contribution in [2.75, 3.05) is 13.2 Å².